The Kier molecular flexibility index (Phi) is 5.83. The Morgan fingerprint density at radius 1 is 1.10 bits per heavy atom. The maximum atomic E-state index is 11.9. The van der Waals surface area contributed by atoms with Crippen molar-refractivity contribution in [1.82, 2.24) is 9.80 Å². The van der Waals surface area contributed by atoms with Gasteiger partial charge in [0.05, 0.1) is 0 Å². The summed E-state index contributed by atoms with van der Waals surface area (Å²) >= 11 is 0. The highest BCUT2D eigenvalue weighted by Crippen LogP contribution is 2.20. The number of aliphatic hydroxyl groups is 1. The molecule has 1 amide bonds. The van der Waals surface area contributed by atoms with Crippen LogP contribution in [0.5, 0.6) is 0 Å². The van der Waals surface area contributed by atoms with Gasteiger partial charge in [-0.1, -0.05) is 13.8 Å². The molecular weight excluding hydrogens is 256 g/mol. The zero-order valence-corrected chi connectivity index (χ0v) is 13.6. The van der Waals surface area contributed by atoms with E-state index < -0.39 is 5.60 Å². The second kappa shape index (κ2) is 6.76. The summed E-state index contributed by atoms with van der Waals surface area (Å²) in [5.41, 5.74) is -0.457. The average Bonchev–Trinajstić information content (AvgIpc) is 2.35. The summed E-state index contributed by atoms with van der Waals surface area (Å²) in [5.74, 6) is 0. The SMILES string of the molecule is CC(C)(CO)CCN1CCN(C(=O)OC(C)(C)C)CC1. The Hall–Kier alpha value is -0.810. The first-order chi connectivity index (χ1) is 9.13. The Bertz CT molecular complexity index is 316. The smallest absolute Gasteiger partial charge is 0.410 e. The van der Waals surface area contributed by atoms with Crippen molar-refractivity contribution in [3.8, 4) is 0 Å². The van der Waals surface area contributed by atoms with Gasteiger partial charge in [-0.3, -0.25) is 4.90 Å². The average molecular weight is 286 g/mol. The number of ether oxygens (including phenoxy) is 1. The Morgan fingerprint density at radius 3 is 2.10 bits per heavy atom. The van der Waals surface area contributed by atoms with Gasteiger partial charge in [0.15, 0.2) is 0 Å². The Morgan fingerprint density at radius 2 is 1.65 bits per heavy atom. The van der Waals surface area contributed by atoms with Crippen molar-refractivity contribution in [3.63, 3.8) is 0 Å². The van der Waals surface area contributed by atoms with Crippen molar-refractivity contribution in [2.45, 2.75) is 46.6 Å². The maximum Gasteiger partial charge on any atom is 0.410 e. The number of nitrogens with zero attached hydrogens (tertiary/aromatic N) is 2. The predicted octanol–water partition coefficient (Wildman–Crippen LogP) is 1.95. The second-order valence-electron chi connectivity index (χ2n) is 7.38. The van der Waals surface area contributed by atoms with E-state index in [9.17, 15) is 9.90 Å². The van der Waals surface area contributed by atoms with E-state index in [0.29, 0.717) is 13.1 Å². The minimum atomic E-state index is -0.431. The normalized spacial score (nSPS) is 18.2. The first kappa shape index (κ1) is 17.2. The first-order valence-corrected chi connectivity index (χ1v) is 7.44. The van der Waals surface area contributed by atoms with Gasteiger partial charge in [0.25, 0.3) is 0 Å². The number of hydrogen-bond donors (Lipinski definition) is 1. The summed E-state index contributed by atoms with van der Waals surface area (Å²) in [7, 11) is 0. The van der Waals surface area contributed by atoms with E-state index in [-0.39, 0.29) is 18.1 Å². The minimum absolute atomic E-state index is 0.0255. The van der Waals surface area contributed by atoms with Crippen LogP contribution in [0.4, 0.5) is 4.79 Å². The lowest BCUT2D eigenvalue weighted by Crippen LogP contribution is -2.50. The second-order valence-corrected chi connectivity index (χ2v) is 7.38. The maximum absolute atomic E-state index is 11.9. The zero-order valence-electron chi connectivity index (χ0n) is 13.6. The standard InChI is InChI=1S/C15H30N2O3/c1-14(2,3)20-13(19)17-10-8-16(9-11-17)7-6-15(4,5)12-18/h18H,6-12H2,1-5H3. The third kappa shape index (κ3) is 6.09. The molecule has 0 aromatic rings. The van der Waals surface area contributed by atoms with Gasteiger partial charge in [-0.15, -0.1) is 0 Å². The van der Waals surface area contributed by atoms with Gasteiger partial charge in [0.2, 0.25) is 0 Å². The molecule has 0 atom stereocenters. The van der Waals surface area contributed by atoms with Crippen LogP contribution in [-0.2, 0) is 4.74 Å². The lowest BCUT2D eigenvalue weighted by Gasteiger charge is -2.36. The van der Waals surface area contributed by atoms with Crippen LogP contribution in [0.3, 0.4) is 0 Å². The highest BCUT2D eigenvalue weighted by atomic mass is 16.6. The molecule has 1 heterocycles. The van der Waals surface area contributed by atoms with Gasteiger partial charge in [-0.2, -0.15) is 0 Å². The minimum Gasteiger partial charge on any atom is -0.444 e. The van der Waals surface area contributed by atoms with Crippen LogP contribution < -0.4 is 0 Å². The van der Waals surface area contributed by atoms with Crippen LogP contribution in [0, 0.1) is 5.41 Å². The molecule has 1 aliphatic rings. The van der Waals surface area contributed by atoms with Crippen LogP contribution in [0.15, 0.2) is 0 Å². The molecule has 0 saturated carbocycles. The summed E-state index contributed by atoms with van der Waals surface area (Å²) < 4.78 is 5.38. The summed E-state index contributed by atoms with van der Waals surface area (Å²) in [6, 6.07) is 0. The lowest BCUT2D eigenvalue weighted by atomic mass is 9.90. The summed E-state index contributed by atoms with van der Waals surface area (Å²) in [5, 5.41) is 9.26. The fourth-order valence-electron chi connectivity index (χ4n) is 2.02. The van der Waals surface area contributed by atoms with Gasteiger partial charge >= 0.3 is 6.09 Å². The summed E-state index contributed by atoms with van der Waals surface area (Å²) in [6.45, 7) is 14.2. The Balaban J connectivity index is 2.31. The van der Waals surface area contributed by atoms with E-state index in [2.05, 4.69) is 18.7 Å². The quantitative estimate of drug-likeness (QED) is 0.858. The fraction of sp³-hybridized carbons (Fsp3) is 0.933. The molecule has 0 bridgehead atoms. The third-order valence-electron chi connectivity index (χ3n) is 3.56. The van der Waals surface area contributed by atoms with Crippen molar-refractivity contribution >= 4 is 6.09 Å². The van der Waals surface area contributed by atoms with E-state index in [0.717, 1.165) is 26.1 Å². The largest absolute Gasteiger partial charge is 0.444 e. The van der Waals surface area contributed by atoms with Crippen LogP contribution in [-0.4, -0.2) is 65.9 Å². The molecule has 0 aromatic carbocycles. The van der Waals surface area contributed by atoms with Crippen molar-refractivity contribution < 1.29 is 14.6 Å². The van der Waals surface area contributed by atoms with Crippen LogP contribution in [0.2, 0.25) is 0 Å². The molecular formula is C15H30N2O3. The van der Waals surface area contributed by atoms with Gasteiger partial charge < -0.3 is 14.7 Å². The molecule has 1 fully saturated rings. The Labute approximate surface area is 122 Å². The molecule has 118 valence electrons. The molecule has 1 saturated heterocycles. The van der Waals surface area contributed by atoms with E-state index in [1.807, 2.05) is 20.8 Å². The lowest BCUT2D eigenvalue weighted by molar-refractivity contribution is 0.0131. The highest BCUT2D eigenvalue weighted by molar-refractivity contribution is 5.68. The molecule has 1 N–H and O–H groups in total. The van der Waals surface area contributed by atoms with Gasteiger partial charge in [-0.25, -0.2) is 4.79 Å². The highest BCUT2D eigenvalue weighted by Gasteiger charge is 2.26. The number of hydrogen-bond acceptors (Lipinski definition) is 4. The van der Waals surface area contributed by atoms with Crippen LogP contribution in [0.25, 0.3) is 0 Å². The number of aliphatic hydroxyl groups excluding tert-OH is 1. The summed E-state index contributed by atoms with van der Waals surface area (Å²) in [6.07, 6.45) is 0.753. The predicted molar refractivity (Wildman–Crippen MR) is 79.7 cm³/mol. The molecule has 20 heavy (non-hydrogen) atoms. The molecule has 5 nitrogen and oxygen atoms in total. The monoisotopic (exact) mass is 286 g/mol. The molecule has 1 aliphatic heterocycles. The van der Waals surface area contributed by atoms with Gasteiger partial charge in [-0.05, 0) is 39.2 Å². The third-order valence-corrected chi connectivity index (χ3v) is 3.56. The molecule has 5 heteroatoms. The van der Waals surface area contributed by atoms with Crippen LogP contribution in [0.1, 0.15) is 41.0 Å². The van der Waals surface area contributed by atoms with Crippen molar-refractivity contribution in [2.24, 2.45) is 5.41 Å². The zero-order chi connectivity index (χ0) is 15.4. The molecule has 0 unspecified atom stereocenters. The van der Waals surface area contributed by atoms with E-state index >= 15 is 0 Å². The van der Waals surface area contributed by atoms with Gasteiger partial charge in [0, 0.05) is 32.8 Å². The van der Waals surface area contributed by atoms with Crippen molar-refractivity contribution in [2.75, 3.05) is 39.3 Å². The molecule has 0 radical (unpaired) electrons. The van der Waals surface area contributed by atoms with E-state index in [1.54, 1.807) is 4.90 Å². The van der Waals surface area contributed by atoms with E-state index in [1.165, 1.54) is 0 Å². The molecule has 1 rings (SSSR count). The van der Waals surface area contributed by atoms with Crippen LogP contribution >= 0.6 is 0 Å². The van der Waals surface area contributed by atoms with E-state index in [4.69, 9.17) is 4.74 Å². The number of rotatable bonds is 4. The number of amides is 1. The van der Waals surface area contributed by atoms with Crippen molar-refractivity contribution in [1.29, 1.82) is 0 Å². The van der Waals surface area contributed by atoms with Crippen molar-refractivity contribution in [3.05, 3.63) is 0 Å². The topological polar surface area (TPSA) is 53.0 Å². The fourth-order valence-corrected chi connectivity index (χ4v) is 2.02. The number of carbonyl (C=O) groups is 1. The molecule has 0 aliphatic carbocycles. The number of carbonyl (C=O) groups excluding carboxylic acids is 1. The summed E-state index contributed by atoms with van der Waals surface area (Å²) in [4.78, 5) is 16.1. The molecule has 0 aromatic heterocycles. The molecule has 0 spiro atoms. The first-order valence-electron chi connectivity index (χ1n) is 7.44. The van der Waals surface area contributed by atoms with Gasteiger partial charge in [0.1, 0.15) is 5.60 Å². The number of piperazine rings is 1.